The second-order valence-electron chi connectivity index (χ2n) is 3.23. The summed E-state index contributed by atoms with van der Waals surface area (Å²) in [6.45, 7) is 2.73. The SMILES string of the molecule is COC[C@@H]1C[C@H](CN)CCN1. The maximum atomic E-state index is 5.59. The predicted octanol–water partition coefficient (Wildman–Crippen LogP) is -0.0403. The van der Waals surface area contributed by atoms with Crippen molar-refractivity contribution >= 4 is 0 Å². The van der Waals surface area contributed by atoms with E-state index in [0.717, 1.165) is 19.7 Å². The molecule has 0 aromatic heterocycles. The number of nitrogens with two attached hydrogens (primary N) is 1. The van der Waals surface area contributed by atoms with Crippen LogP contribution in [-0.4, -0.2) is 32.8 Å². The van der Waals surface area contributed by atoms with Crippen molar-refractivity contribution in [2.75, 3.05) is 26.8 Å². The average molecular weight is 158 g/mol. The van der Waals surface area contributed by atoms with Gasteiger partial charge in [0.15, 0.2) is 0 Å². The minimum absolute atomic E-state index is 0.530. The van der Waals surface area contributed by atoms with Crippen LogP contribution in [0.2, 0.25) is 0 Å². The Morgan fingerprint density at radius 1 is 1.64 bits per heavy atom. The molecule has 0 bridgehead atoms. The van der Waals surface area contributed by atoms with Crippen molar-refractivity contribution in [3.8, 4) is 0 Å². The van der Waals surface area contributed by atoms with E-state index in [0.29, 0.717) is 12.0 Å². The number of nitrogens with one attached hydrogen (secondary N) is 1. The molecule has 0 aromatic carbocycles. The molecule has 1 rings (SSSR count). The predicted molar refractivity (Wildman–Crippen MR) is 45.4 cm³/mol. The van der Waals surface area contributed by atoms with Gasteiger partial charge < -0.3 is 15.8 Å². The quantitative estimate of drug-likeness (QED) is 0.606. The van der Waals surface area contributed by atoms with Crippen LogP contribution < -0.4 is 11.1 Å². The highest BCUT2D eigenvalue weighted by Gasteiger charge is 2.19. The molecule has 0 aliphatic carbocycles. The lowest BCUT2D eigenvalue weighted by Crippen LogP contribution is -2.42. The van der Waals surface area contributed by atoms with Gasteiger partial charge >= 0.3 is 0 Å². The van der Waals surface area contributed by atoms with E-state index in [2.05, 4.69) is 5.32 Å². The molecule has 0 amide bonds. The molecule has 1 fully saturated rings. The third kappa shape index (κ3) is 2.77. The molecule has 1 saturated heterocycles. The molecule has 11 heavy (non-hydrogen) atoms. The van der Waals surface area contributed by atoms with E-state index in [4.69, 9.17) is 10.5 Å². The van der Waals surface area contributed by atoms with Gasteiger partial charge in [0, 0.05) is 13.2 Å². The smallest absolute Gasteiger partial charge is 0.0615 e. The molecule has 1 aliphatic heterocycles. The molecule has 3 nitrogen and oxygen atoms in total. The number of hydrogen-bond acceptors (Lipinski definition) is 3. The van der Waals surface area contributed by atoms with Crippen molar-refractivity contribution in [2.45, 2.75) is 18.9 Å². The van der Waals surface area contributed by atoms with Crippen LogP contribution in [0.4, 0.5) is 0 Å². The molecule has 1 heterocycles. The molecule has 0 spiro atoms. The highest BCUT2D eigenvalue weighted by Crippen LogP contribution is 2.14. The fourth-order valence-electron chi connectivity index (χ4n) is 1.64. The Morgan fingerprint density at radius 2 is 2.45 bits per heavy atom. The van der Waals surface area contributed by atoms with Crippen molar-refractivity contribution < 1.29 is 4.74 Å². The van der Waals surface area contributed by atoms with Crippen LogP contribution in [0, 0.1) is 5.92 Å². The highest BCUT2D eigenvalue weighted by molar-refractivity contribution is 4.78. The monoisotopic (exact) mass is 158 g/mol. The van der Waals surface area contributed by atoms with Crippen molar-refractivity contribution in [3.63, 3.8) is 0 Å². The van der Waals surface area contributed by atoms with Gasteiger partial charge in [-0.3, -0.25) is 0 Å². The number of hydrogen-bond donors (Lipinski definition) is 2. The number of piperidine rings is 1. The Balaban J connectivity index is 2.21. The van der Waals surface area contributed by atoms with Gasteiger partial charge in [0.25, 0.3) is 0 Å². The summed E-state index contributed by atoms with van der Waals surface area (Å²) in [5.74, 6) is 0.705. The molecule has 0 radical (unpaired) electrons. The Labute approximate surface area is 68.3 Å². The summed E-state index contributed by atoms with van der Waals surface area (Å²) in [5.41, 5.74) is 5.59. The number of ether oxygens (including phenoxy) is 1. The zero-order valence-electron chi connectivity index (χ0n) is 7.18. The van der Waals surface area contributed by atoms with Gasteiger partial charge in [-0.15, -0.1) is 0 Å². The Hall–Kier alpha value is -0.120. The molecule has 0 saturated carbocycles. The van der Waals surface area contributed by atoms with Gasteiger partial charge in [-0.25, -0.2) is 0 Å². The lowest BCUT2D eigenvalue weighted by molar-refractivity contribution is 0.140. The second-order valence-corrected chi connectivity index (χ2v) is 3.23. The van der Waals surface area contributed by atoms with Crippen LogP contribution in [-0.2, 0) is 4.74 Å². The second kappa shape index (κ2) is 4.70. The molecule has 0 aromatic rings. The topological polar surface area (TPSA) is 47.3 Å². The van der Waals surface area contributed by atoms with Crippen molar-refractivity contribution in [1.82, 2.24) is 5.32 Å². The van der Waals surface area contributed by atoms with Gasteiger partial charge in [0.2, 0.25) is 0 Å². The minimum atomic E-state index is 0.530. The van der Waals surface area contributed by atoms with E-state index in [9.17, 15) is 0 Å². The van der Waals surface area contributed by atoms with Crippen molar-refractivity contribution in [1.29, 1.82) is 0 Å². The zero-order chi connectivity index (χ0) is 8.10. The van der Waals surface area contributed by atoms with Crippen LogP contribution in [0.3, 0.4) is 0 Å². The molecule has 3 heteroatoms. The molecule has 1 aliphatic rings. The lowest BCUT2D eigenvalue weighted by atomic mass is 9.93. The molecule has 66 valence electrons. The van der Waals surface area contributed by atoms with Gasteiger partial charge in [-0.1, -0.05) is 0 Å². The van der Waals surface area contributed by atoms with E-state index in [1.165, 1.54) is 12.8 Å². The summed E-state index contributed by atoms with van der Waals surface area (Å²) >= 11 is 0. The van der Waals surface area contributed by atoms with Gasteiger partial charge in [0.05, 0.1) is 6.61 Å². The third-order valence-corrected chi connectivity index (χ3v) is 2.30. The van der Waals surface area contributed by atoms with E-state index in [1.807, 2.05) is 0 Å². The Morgan fingerprint density at radius 3 is 3.09 bits per heavy atom. The Kier molecular flexibility index (Phi) is 3.83. The fourth-order valence-corrected chi connectivity index (χ4v) is 1.64. The normalized spacial score (nSPS) is 32.2. The van der Waals surface area contributed by atoms with Crippen LogP contribution in [0.15, 0.2) is 0 Å². The van der Waals surface area contributed by atoms with E-state index in [1.54, 1.807) is 7.11 Å². The van der Waals surface area contributed by atoms with E-state index >= 15 is 0 Å². The van der Waals surface area contributed by atoms with Gasteiger partial charge in [-0.2, -0.15) is 0 Å². The summed E-state index contributed by atoms with van der Waals surface area (Å²) in [6, 6.07) is 0.530. The van der Waals surface area contributed by atoms with Crippen molar-refractivity contribution in [2.24, 2.45) is 11.7 Å². The third-order valence-electron chi connectivity index (χ3n) is 2.30. The Bertz CT molecular complexity index is 106. The summed E-state index contributed by atoms with van der Waals surface area (Å²) in [7, 11) is 1.74. The first-order valence-electron chi connectivity index (χ1n) is 4.29. The van der Waals surface area contributed by atoms with Crippen LogP contribution in [0.1, 0.15) is 12.8 Å². The van der Waals surface area contributed by atoms with E-state index in [-0.39, 0.29) is 0 Å². The van der Waals surface area contributed by atoms with Gasteiger partial charge in [-0.05, 0) is 31.8 Å². The summed E-state index contributed by atoms with van der Waals surface area (Å²) in [6.07, 6.45) is 2.39. The fraction of sp³-hybridized carbons (Fsp3) is 1.00. The average Bonchev–Trinajstić information content (AvgIpc) is 2.06. The first-order valence-corrected chi connectivity index (χ1v) is 4.29. The van der Waals surface area contributed by atoms with Crippen LogP contribution in [0.25, 0.3) is 0 Å². The first-order chi connectivity index (χ1) is 5.36. The maximum Gasteiger partial charge on any atom is 0.0615 e. The van der Waals surface area contributed by atoms with Crippen molar-refractivity contribution in [3.05, 3.63) is 0 Å². The zero-order valence-corrected chi connectivity index (χ0v) is 7.18. The minimum Gasteiger partial charge on any atom is -0.383 e. The van der Waals surface area contributed by atoms with E-state index < -0.39 is 0 Å². The highest BCUT2D eigenvalue weighted by atomic mass is 16.5. The lowest BCUT2D eigenvalue weighted by Gasteiger charge is -2.28. The summed E-state index contributed by atoms with van der Waals surface area (Å²) in [4.78, 5) is 0. The molecule has 2 atom stereocenters. The largest absolute Gasteiger partial charge is 0.383 e. The molecule has 0 unspecified atom stereocenters. The van der Waals surface area contributed by atoms with Gasteiger partial charge in [0.1, 0.15) is 0 Å². The summed E-state index contributed by atoms with van der Waals surface area (Å²) in [5, 5.41) is 3.40. The maximum absolute atomic E-state index is 5.59. The van der Waals surface area contributed by atoms with Crippen LogP contribution >= 0.6 is 0 Å². The number of methoxy groups -OCH3 is 1. The summed E-state index contributed by atoms with van der Waals surface area (Å²) < 4.78 is 5.07. The standard InChI is InChI=1S/C8H18N2O/c1-11-6-8-4-7(5-9)2-3-10-8/h7-8,10H,2-6,9H2,1H3/t7-,8+/m1/s1. The first kappa shape index (κ1) is 8.97. The molecular weight excluding hydrogens is 140 g/mol. The molecular formula is C8H18N2O. The van der Waals surface area contributed by atoms with Crippen LogP contribution in [0.5, 0.6) is 0 Å². The molecule has 3 N–H and O–H groups in total. The number of rotatable bonds is 3.